The van der Waals surface area contributed by atoms with Crippen molar-refractivity contribution in [2.24, 2.45) is 0 Å². The number of para-hydroxylation sites is 2. The second-order valence-corrected chi connectivity index (χ2v) is 13.2. The molecule has 0 aliphatic rings. The van der Waals surface area contributed by atoms with Gasteiger partial charge in [-0.2, -0.15) is 13.2 Å². The Hall–Kier alpha value is -3.97. The molecule has 5 aromatic rings. The minimum Gasteiger partial charge on any atom is -0.741 e. The lowest BCUT2D eigenvalue weighted by molar-refractivity contribution is -0.0517. The second kappa shape index (κ2) is 12.5. The van der Waals surface area contributed by atoms with Gasteiger partial charge in [-0.15, -0.1) is 0 Å². The van der Waals surface area contributed by atoms with Crippen LogP contribution in [0.1, 0.15) is 0 Å². The molecule has 204 valence electrons. The van der Waals surface area contributed by atoms with Gasteiger partial charge in [0.05, 0.1) is 0 Å². The van der Waals surface area contributed by atoms with E-state index < -0.39 is 22.9 Å². The average Bonchev–Trinajstić information content (AvgIpc) is 2.96. The van der Waals surface area contributed by atoms with Gasteiger partial charge >= 0.3 is 5.51 Å². The van der Waals surface area contributed by atoms with Crippen molar-refractivity contribution in [2.75, 3.05) is 0 Å². The summed E-state index contributed by atoms with van der Waals surface area (Å²) in [6, 6.07) is 51.1. The maximum Gasteiger partial charge on any atom is 0.485 e. The van der Waals surface area contributed by atoms with E-state index in [-0.39, 0.29) is 0 Å². The van der Waals surface area contributed by atoms with Gasteiger partial charge in [0.2, 0.25) is 0 Å². The topological polar surface area (TPSA) is 66.4 Å². The number of benzene rings is 5. The smallest absolute Gasteiger partial charge is 0.485 e. The first-order chi connectivity index (χ1) is 19.1. The molecule has 0 saturated carbocycles. The summed E-state index contributed by atoms with van der Waals surface area (Å²) < 4.78 is 65.4. The molecule has 5 rings (SSSR count). The molecule has 0 atom stereocenters. The first-order valence-corrected chi connectivity index (χ1v) is 15.2. The number of alkyl halides is 3. The predicted molar refractivity (Wildman–Crippen MR) is 153 cm³/mol. The summed E-state index contributed by atoms with van der Waals surface area (Å²) in [6.07, 6.45) is 0. The van der Waals surface area contributed by atoms with E-state index in [1.54, 1.807) is 0 Å². The Morgan fingerprint density at radius 1 is 0.550 bits per heavy atom. The molecule has 9 heteroatoms. The maximum absolute atomic E-state index is 10.7. The van der Waals surface area contributed by atoms with Gasteiger partial charge in [-0.25, -0.2) is 8.42 Å². The Bertz CT molecular complexity index is 1520. The normalized spacial score (nSPS) is 11.7. The van der Waals surface area contributed by atoms with Crippen molar-refractivity contribution < 1.29 is 30.9 Å². The van der Waals surface area contributed by atoms with Crippen molar-refractivity contribution in [3.05, 3.63) is 146 Å². The van der Waals surface area contributed by atoms with Crippen molar-refractivity contribution in [3.63, 3.8) is 0 Å². The molecular formula is C31H24F3O4PS. The molecule has 0 N–H and O–H groups in total. The minimum atomic E-state index is -6.09. The Balaban J connectivity index is 0.000000406. The van der Waals surface area contributed by atoms with Gasteiger partial charge in [-0.3, -0.25) is 0 Å². The Kier molecular flexibility index (Phi) is 9.05. The van der Waals surface area contributed by atoms with E-state index in [1.165, 1.54) is 21.2 Å². The summed E-state index contributed by atoms with van der Waals surface area (Å²) in [4.78, 5) is 0. The van der Waals surface area contributed by atoms with Crippen molar-refractivity contribution >= 4 is 38.6 Å². The zero-order valence-electron chi connectivity index (χ0n) is 21.0. The molecule has 0 unspecified atom stereocenters. The van der Waals surface area contributed by atoms with Crippen LogP contribution in [0.15, 0.2) is 146 Å². The summed E-state index contributed by atoms with van der Waals surface area (Å²) in [5, 5.41) is 5.14. The molecule has 0 amide bonds. The number of ether oxygens (including phenoxy) is 1. The minimum absolute atomic E-state index is 0.840. The molecule has 0 heterocycles. The van der Waals surface area contributed by atoms with Crippen LogP contribution < -0.4 is 26.0 Å². The number of hydrogen-bond acceptors (Lipinski definition) is 4. The molecule has 5 aromatic carbocycles. The molecular weight excluding hydrogens is 556 g/mol. The van der Waals surface area contributed by atoms with Crippen LogP contribution in [0, 0.1) is 0 Å². The molecule has 4 nitrogen and oxygen atoms in total. The highest BCUT2D eigenvalue weighted by molar-refractivity contribution is 8.01. The number of halogens is 3. The number of hydrogen-bond donors (Lipinski definition) is 0. The van der Waals surface area contributed by atoms with Gasteiger partial charge in [0.25, 0.3) is 0 Å². The highest BCUT2D eigenvalue weighted by atomic mass is 32.2. The summed E-state index contributed by atoms with van der Waals surface area (Å²) in [5.41, 5.74) is -5.65. The average molecular weight is 581 g/mol. The van der Waals surface area contributed by atoms with E-state index in [2.05, 4.69) is 115 Å². The van der Waals surface area contributed by atoms with Crippen molar-refractivity contribution in [2.45, 2.75) is 5.51 Å². The van der Waals surface area contributed by atoms with Crippen LogP contribution in [0.5, 0.6) is 11.5 Å². The van der Waals surface area contributed by atoms with Crippen molar-refractivity contribution in [1.29, 1.82) is 0 Å². The Labute approximate surface area is 231 Å². The predicted octanol–water partition coefficient (Wildman–Crippen LogP) is 6.15. The van der Waals surface area contributed by atoms with Gasteiger partial charge < -0.3 is 9.29 Å². The fourth-order valence-electron chi connectivity index (χ4n) is 4.26. The van der Waals surface area contributed by atoms with E-state index in [9.17, 15) is 13.2 Å². The largest absolute Gasteiger partial charge is 0.741 e. The second-order valence-electron chi connectivity index (χ2n) is 8.46. The first-order valence-electron chi connectivity index (χ1n) is 12.0. The summed E-state index contributed by atoms with van der Waals surface area (Å²) >= 11 is 0. The van der Waals surface area contributed by atoms with E-state index in [0.717, 1.165) is 11.5 Å². The lowest BCUT2D eigenvalue weighted by Gasteiger charge is -2.28. The van der Waals surface area contributed by atoms with E-state index in [4.69, 9.17) is 17.7 Å². The fraction of sp³-hybridized carbons (Fsp3) is 0.0323. The van der Waals surface area contributed by atoms with Gasteiger partial charge in [0.1, 0.15) is 28.9 Å². The van der Waals surface area contributed by atoms with Crippen LogP contribution in [-0.4, -0.2) is 18.5 Å². The Morgan fingerprint density at radius 2 is 0.875 bits per heavy atom. The third-order valence-corrected chi connectivity index (χ3v) is 10.8. The molecule has 0 fully saturated rings. The third kappa shape index (κ3) is 6.42. The van der Waals surface area contributed by atoms with E-state index >= 15 is 0 Å². The highest BCUT2D eigenvalue weighted by Gasteiger charge is 2.49. The molecule has 0 aliphatic carbocycles. The van der Waals surface area contributed by atoms with Crippen LogP contribution in [0.25, 0.3) is 0 Å². The van der Waals surface area contributed by atoms with Crippen molar-refractivity contribution in [3.8, 4) is 11.5 Å². The lowest BCUT2D eigenvalue weighted by Crippen LogP contribution is -2.39. The van der Waals surface area contributed by atoms with Crippen LogP contribution in [0.2, 0.25) is 0 Å². The van der Waals surface area contributed by atoms with Gasteiger partial charge in [-0.1, -0.05) is 84.9 Å². The summed E-state index contributed by atoms with van der Waals surface area (Å²) in [7, 11) is -8.30. The zero-order valence-corrected chi connectivity index (χ0v) is 22.7. The van der Waals surface area contributed by atoms with E-state index in [0.29, 0.717) is 0 Å². The van der Waals surface area contributed by atoms with Crippen LogP contribution in [0.4, 0.5) is 13.2 Å². The number of rotatable bonds is 6. The SMILES string of the molecule is O=S(=O)([O-])C(F)(F)F.c1ccc(Oc2ccccc2[P+](c2ccccc2)(c2ccccc2)c2ccccc2)cc1. The zero-order chi connectivity index (χ0) is 28.6. The molecule has 0 aromatic heterocycles. The van der Waals surface area contributed by atoms with Crippen LogP contribution in [0.3, 0.4) is 0 Å². The molecule has 0 aliphatic heterocycles. The monoisotopic (exact) mass is 580 g/mol. The fourth-order valence-corrected chi connectivity index (χ4v) is 8.60. The van der Waals surface area contributed by atoms with E-state index in [1.807, 2.05) is 30.3 Å². The standard InChI is InChI=1S/C30H24OP.CHF3O3S/c1-5-15-25(16-6-1)31-29-23-13-14-24-30(29)32(26-17-7-2-8-18-26,27-19-9-3-10-20-27)28-21-11-4-12-22-28;2-1(3,4)8(5,6)7/h1-24H;(H,5,6,7)/q+1;/p-1. The van der Waals surface area contributed by atoms with Gasteiger partial charge in [-0.05, 0) is 60.7 Å². The van der Waals surface area contributed by atoms with Gasteiger partial charge in [0.15, 0.2) is 21.2 Å². The quantitative estimate of drug-likeness (QED) is 0.137. The molecule has 40 heavy (non-hydrogen) atoms. The molecule has 0 saturated heterocycles. The molecule has 0 radical (unpaired) electrons. The highest BCUT2D eigenvalue weighted by Crippen LogP contribution is 2.56. The Morgan fingerprint density at radius 3 is 1.25 bits per heavy atom. The van der Waals surface area contributed by atoms with Crippen LogP contribution in [-0.2, 0) is 10.1 Å². The molecule has 0 spiro atoms. The molecule has 0 bridgehead atoms. The first kappa shape index (κ1) is 29.0. The maximum atomic E-state index is 10.7. The third-order valence-electron chi connectivity index (χ3n) is 5.91. The van der Waals surface area contributed by atoms with Crippen LogP contribution >= 0.6 is 7.26 Å². The van der Waals surface area contributed by atoms with Crippen molar-refractivity contribution in [1.82, 2.24) is 0 Å². The summed E-state index contributed by atoms with van der Waals surface area (Å²) in [6.45, 7) is 0. The lowest BCUT2D eigenvalue weighted by atomic mass is 10.3. The summed E-state index contributed by atoms with van der Waals surface area (Å²) in [5.74, 6) is 1.73. The van der Waals surface area contributed by atoms with Gasteiger partial charge in [0, 0.05) is 0 Å².